The van der Waals surface area contributed by atoms with Crippen LogP contribution in [0.4, 0.5) is 13.2 Å². The minimum atomic E-state index is -4.52. The van der Waals surface area contributed by atoms with Gasteiger partial charge in [0, 0.05) is 6.04 Å². The van der Waals surface area contributed by atoms with Crippen LogP contribution in [0.1, 0.15) is 33.1 Å². The molecule has 0 atom stereocenters. The van der Waals surface area contributed by atoms with Crippen LogP contribution in [-0.2, 0) is 9.59 Å². The summed E-state index contributed by atoms with van der Waals surface area (Å²) in [5, 5.41) is 9.05. The van der Waals surface area contributed by atoms with Crippen molar-refractivity contribution in [2.24, 2.45) is 5.41 Å². The molecule has 0 aromatic carbocycles. The minimum absolute atomic E-state index is 0.113. The van der Waals surface area contributed by atoms with Crippen molar-refractivity contribution in [2.75, 3.05) is 6.54 Å². The summed E-state index contributed by atoms with van der Waals surface area (Å²) >= 11 is 0. The average Bonchev–Trinajstić information content (AvgIpc) is 2.09. The van der Waals surface area contributed by atoms with Crippen molar-refractivity contribution < 1.29 is 27.9 Å². The van der Waals surface area contributed by atoms with E-state index in [0.29, 0.717) is 11.3 Å². The van der Waals surface area contributed by atoms with Crippen molar-refractivity contribution in [2.45, 2.75) is 45.3 Å². The number of carboxylic acids is 1. The summed E-state index contributed by atoms with van der Waals surface area (Å²) in [6.45, 7) is 1.48. The lowest BCUT2D eigenvalue weighted by Gasteiger charge is -2.41. The minimum Gasteiger partial charge on any atom is -0.480 e. The van der Waals surface area contributed by atoms with Gasteiger partial charge in [0.05, 0.1) is 0 Å². The fourth-order valence-electron chi connectivity index (χ4n) is 2.01. The first-order valence-corrected chi connectivity index (χ1v) is 5.71. The molecule has 1 saturated carbocycles. The fourth-order valence-corrected chi connectivity index (χ4v) is 2.01. The van der Waals surface area contributed by atoms with Gasteiger partial charge in [-0.15, -0.1) is 0 Å². The first-order chi connectivity index (χ1) is 8.10. The number of carbonyl (C=O) groups is 2. The number of rotatable bonds is 4. The van der Waals surface area contributed by atoms with Gasteiger partial charge < -0.3 is 10.0 Å². The maximum atomic E-state index is 12.4. The Morgan fingerprint density at radius 3 is 2.06 bits per heavy atom. The van der Waals surface area contributed by atoms with Gasteiger partial charge in [-0.05, 0) is 26.7 Å². The number of alkyl halides is 3. The van der Waals surface area contributed by atoms with Gasteiger partial charge in [0.1, 0.15) is 12.0 Å². The Hall–Kier alpha value is -1.27. The highest BCUT2D eigenvalue weighted by Gasteiger charge is 2.54. The van der Waals surface area contributed by atoms with Crippen LogP contribution < -0.4 is 0 Å². The molecule has 1 rings (SSSR count). The van der Waals surface area contributed by atoms with Crippen LogP contribution in [0.3, 0.4) is 0 Å². The number of hydrogen-bond donors (Lipinski definition) is 1. The predicted octanol–water partition coefficient (Wildman–Crippen LogP) is 2.04. The monoisotopic (exact) mass is 267 g/mol. The van der Waals surface area contributed by atoms with Gasteiger partial charge in [-0.1, -0.05) is 6.42 Å². The molecule has 0 aliphatic heterocycles. The second-order valence-electron chi connectivity index (χ2n) is 4.88. The zero-order valence-corrected chi connectivity index (χ0v) is 10.3. The van der Waals surface area contributed by atoms with Crippen molar-refractivity contribution in [1.29, 1.82) is 0 Å². The smallest absolute Gasteiger partial charge is 0.406 e. The van der Waals surface area contributed by atoms with E-state index in [-0.39, 0.29) is 12.8 Å². The zero-order valence-electron chi connectivity index (χ0n) is 10.3. The van der Waals surface area contributed by atoms with Crippen LogP contribution in [0.25, 0.3) is 0 Å². The highest BCUT2D eigenvalue weighted by molar-refractivity contribution is 6.02. The number of amides is 1. The van der Waals surface area contributed by atoms with Gasteiger partial charge in [0.15, 0.2) is 0 Å². The van der Waals surface area contributed by atoms with Crippen LogP contribution in [0.2, 0.25) is 0 Å². The summed E-state index contributed by atoms with van der Waals surface area (Å²) in [5.74, 6) is -2.25. The molecule has 0 aromatic heterocycles. The molecule has 0 saturated heterocycles. The largest absolute Gasteiger partial charge is 0.480 e. The number of carboxylic acid groups (broad SMARTS) is 1. The maximum Gasteiger partial charge on any atom is 0.406 e. The summed E-state index contributed by atoms with van der Waals surface area (Å²) in [5.41, 5.74) is -1.64. The Bertz CT molecular complexity index is 348. The van der Waals surface area contributed by atoms with Crippen LogP contribution in [-0.4, -0.2) is 40.6 Å². The molecular weight excluding hydrogens is 251 g/mol. The molecule has 104 valence electrons. The zero-order chi connectivity index (χ0) is 14.1. The SMILES string of the molecule is CC(C)N(CC(F)(F)F)C(=O)C1(C(=O)O)CCC1. The molecule has 0 radical (unpaired) electrons. The third-order valence-corrected chi connectivity index (χ3v) is 3.26. The van der Waals surface area contributed by atoms with Crippen LogP contribution >= 0.6 is 0 Å². The van der Waals surface area contributed by atoms with Crippen molar-refractivity contribution in [3.05, 3.63) is 0 Å². The summed E-state index contributed by atoms with van der Waals surface area (Å²) in [4.78, 5) is 23.8. The van der Waals surface area contributed by atoms with Gasteiger partial charge in [0.2, 0.25) is 5.91 Å². The molecule has 1 fully saturated rings. The van der Waals surface area contributed by atoms with E-state index in [2.05, 4.69) is 0 Å². The van der Waals surface area contributed by atoms with Gasteiger partial charge in [-0.2, -0.15) is 13.2 Å². The second-order valence-corrected chi connectivity index (χ2v) is 4.88. The van der Waals surface area contributed by atoms with E-state index in [1.54, 1.807) is 0 Å². The number of halogens is 3. The molecule has 0 heterocycles. The molecule has 1 aliphatic carbocycles. The number of hydrogen-bond acceptors (Lipinski definition) is 2. The van der Waals surface area contributed by atoms with Crippen LogP contribution in [0.5, 0.6) is 0 Å². The average molecular weight is 267 g/mol. The Morgan fingerprint density at radius 2 is 1.83 bits per heavy atom. The Morgan fingerprint density at radius 1 is 1.33 bits per heavy atom. The Balaban J connectivity index is 2.93. The van der Waals surface area contributed by atoms with Gasteiger partial charge in [-0.25, -0.2) is 0 Å². The third-order valence-electron chi connectivity index (χ3n) is 3.26. The summed E-state index contributed by atoms with van der Waals surface area (Å²) in [6.07, 6.45) is -3.75. The molecule has 0 aromatic rings. The van der Waals surface area contributed by atoms with Crippen molar-refractivity contribution in [3.63, 3.8) is 0 Å². The van der Waals surface area contributed by atoms with Gasteiger partial charge >= 0.3 is 12.1 Å². The molecule has 1 N–H and O–H groups in total. The van der Waals surface area contributed by atoms with Crippen molar-refractivity contribution in [3.8, 4) is 0 Å². The molecule has 1 amide bonds. The predicted molar refractivity (Wildman–Crippen MR) is 56.8 cm³/mol. The topological polar surface area (TPSA) is 57.6 Å². The second kappa shape index (κ2) is 4.78. The van der Waals surface area contributed by atoms with E-state index in [9.17, 15) is 22.8 Å². The number of carbonyl (C=O) groups excluding carboxylic acids is 1. The van der Waals surface area contributed by atoms with Crippen molar-refractivity contribution >= 4 is 11.9 Å². The normalized spacial score (nSPS) is 18.3. The van der Waals surface area contributed by atoms with Gasteiger partial charge in [-0.3, -0.25) is 9.59 Å². The standard InChI is InChI=1S/C11H16F3NO3/c1-7(2)15(6-11(12,13)14)8(16)10(9(17)18)4-3-5-10/h7H,3-6H2,1-2H3,(H,17,18). The van der Waals surface area contributed by atoms with Gasteiger partial charge in [0.25, 0.3) is 0 Å². The molecule has 4 nitrogen and oxygen atoms in total. The molecule has 7 heteroatoms. The van der Waals surface area contributed by atoms with Crippen molar-refractivity contribution in [1.82, 2.24) is 4.90 Å². The fraction of sp³-hybridized carbons (Fsp3) is 0.818. The number of nitrogens with zero attached hydrogens (tertiary/aromatic N) is 1. The Kier molecular flexibility index (Phi) is 3.92. The molecular formula is C11H16F3NO3. The summed E-state index contributed by atoms with van der Waals surface area (Å²) in [6, 6.07) is -0.684. The maximum absolute atomic E-state index is 12.4. The highest BCUT2D eigenvalue weighted by Crippen LogP contribution is 2.43. The lowest BCUT2D eigenvalue weighted by Crippen LogP contribution is -2.56. The molecule has 0 spiro atoms. The van der Waals surface area contributed by atoms with E-state index in [1.807, 2.05) is 0 Å². The molecule has 1 aliphatic rings. The van der Waals surface area contributed by atoms with Crippen LogP contribution in [0.15, 0.2) is 0 Å². The van der Waals surface area contributed by atoms with E-state index < -0.39 is 36.1 Å². The Labute approximate surface area is 103 Å². The first-order valence-electron chi connectivity index (χ1n) is 5.71. The molecule has 0 unspecified atom stereocenters. The van der Waals surface area contributed by atoms with Crippen LogP contribution in [0, 0.1) is 5.41 Å². The lowest BCUT2D eigenvalue weighted by molar-refractivity contribution is -0.182. The highest BCUT2D eigenvalue weighted by atomic mass is 19.4. The van der Waals surface area contributed by atoms with E-state index in [4.69, 9.17) is 5.11 Å². The molecule has 18 heavy (non-hydrogen) atoms. The molecule has 0 bridgehead atoms. The van der Waals surface area contributed by atoms with E-state index in [0.717, 1.165) is 0 Å². The van der Waals surface area contributed by atoms with E-state index in [1.165, 1.54) is 13.8 Å². The third kappa shape index (κ3) is 2.76. The number of aliphatic carboxylic acids is 1. The summed E-state index contributed by atoms with van der Waals surface area (Å²) in [7, 11) is 0. The quantitative estimate of drug-likeness (QED) is 0.793. The first kappa shape index (κ1) is 14.8. The van der Waals surface area contributed by atoms with E-state index >= 15 is 0 Å². The summed E-state index contributed by atoms with van der Waals surface area (Å²) < 4.78 is 37.2. The lowest BCUT2D eigenvalue weighted by atomic mass is 9.67.